The Hall–Kier alpha value is -2.75. The molecule has 4 heteroatoms. The molecular formula is C24H29N3O. The highest BCUT2D eigenvalue weighted by Crippen LogP contribution is 2.24. The van der Waals surface area contributed by atoms with Crippen molar-refractivity contribution in [1.82, 2.24) is 4.98 Å². The minimum Gasteiger partial charge on any atom is -0.381 e. The van der Waals surface area contributed by atoms with Gasteiger partial charge >= 0.3 is 0 Å². The lowest BCUT2D eigenvalue weighted by Gasteiger charge is -2.32. The number of hydrogen-bond donors (Lipinski definition) is 2. The van der Waals surface area contributed by atoms with Gasteiger partial charge in [-0.25, -0.2) is 0 Å². The van der Waals surface area contributed by atoms with Crippen LogP contribution in [0.25, 0.3) is 10.9 Å². The summed E-state index contributed by atoms with van der Waals surface area (Å²) in [6.07, 6.45) is 2.60. The zero-order valence-electron chi connectivity index (χ0n) is 17.0. The number of nitrogens with one attached hydrogen (secondary N) is 2. The molecule has 0 amide bonds. The standard InChI is InChI=1S/C24H29N3O/c1-16-5-4-10-27(15-16)22-8-6-21(7-9-22)25-14-20-13-19-11-17(2)18(3)12-23(19)26-24(20)28/h6-9,11-13,16,25H,4-5,10,14-15H2,1-3H3,(H,26,28)/t16-/m0/s1. The van der Waals surface area contributed by atoms with Crippen molar-refractivity contribution in [3.63, 3.8) is 0 Å². The number of H-pyrrole nitrogens is 1. The molecule has 0 radical (unpaired) electrons. The first-order valence-electron chi connectivity index (χ1n) is 10.2. The molecule has 0 saturated carbocycles. The van der Waals surface area contributed by atoms with Gasteiger partial charge in [-0.2, -0.15) is 0 Å². The second-order valence-electron chi connectivity index (χ2n) is 8.24. The molecule has 0 unspecified atom stereocenters. The molecule has 0 bridgehead atoms. The van der Waals surface area contributed by atoms with Crippen LogP contribution in [-0.2, 0) is 6.54 Å². The van der Waals surface area contributed by atoms with Gasteiger partial charge in [-0.1, -0.05) is 6.92 Å². The first-order chi connectivity index (χ1) is 13.5. The molecule has 2 heterocycles. The molecule has 146 valence electrons. The first-order valence-corrected chi connectivity index (χ1v) is 10.2. The van der Waals surface area contributed by atoms with Crippen molar-refractivity contribution in [3.05, 3.63) is 69.5 Å². The number of aryl methyl sites for hydroxylation is 2. The van der Waals surface area contributed by atoms with Gasteiger partial charge in [0, 0.05) is 42.1 Å². The first kappa shape index (κ1) is 18.6. The molecule has 1 aliphatic heterocycles. The minimum absolute atomic E-state index is 0.0258. The maximum atomic E-state index is 12.4. The predicted octanol–water partition coefficient (Wildman–Crippen LogP) is 4.99. The van der Waals surface area contributed by atoms with E-state index in [1.54, 1.807) is 0 Å². The number of piperidine rings is 1. The zero-order valence-corrected chi connectivity index (χ0v) is 17.0. The van der Waals surface area contributed by atoms with Crippen LogP contribution in [0.5, 0.6) is 0 Å². The maximum absolute atomic E-state index is 12.4. The Labute approximate surface area is 166 Å². The van der Waals surface area contributed by atoms with Crippen LogP contribution in [0.4, 0.5) is 11.4 Å². The Bertz CT molecular complexity index is 1040. The van der Waals surface area contributed by atoms with Gasteiger partial charge in [0.1, 0.15) is 0 Å². The third-order valence-corrected chi connectivity index (χ3v) is 5.91. The van der Waals surface area contributed by atoms with E-state index in [0.717, 1.165) is 41.2 Å². The summed E-state index contributed by atoms with van der Waals surface area (Å²) in [5.41, 5.74) is 6.38. The van der Waals surface area contributed by atoms with Crippen molar-refractivity contribution >= 4 is 22.3 Å². The minimum atomic E-state index is -0.0258. The summed E-state index contributed by atoms with van der Waals surface area (Å²) in [5.74, 6) is 0.763. The lowest BCUT2D eigenvalue weighted by atomic mass is 10.00. The van der Waals surface area contributed by atoms with Crippen LogP contribution in [0, 0.1) is 19.8 Å². The van der Waals surface area contributed by atoms with Gasteiger partial charge in [0.25, 0.3) is 5.56 Å². The summed E-state index contributed by atoms with van der Waals surface area (Å²) in [7, 11) is 0. The largest absolute Gasteiger partial charge is 0.381 e. The van der Waals surface area contributed by atoms with E-state index in [9.17, 15) is 4.79 Å². The Morgan fingerprint density at radius 1 is 1.11 bits per heavy atom. The Kier molecular flexibility index (Phi) is 5.12. The SMILES string of the molecule is Cc1cc2cc(CNc3ccc(N4CCC[C@H](C)C4)cc3)c(=O)[nH]c2cc1C. The summed E-state index contributed by atoms with van der Waals surface area (Å²) in [6.45, 7) is 9.28. The fourth-order valence-electron chi connectivity index (χ4n) is 4.06. The van der Waals surface area contributed by atoms with E-state index in [1.807, 2.05) is 12.1 Å². The topological polar surface area (TPSA) is 48.1 Å². The molecular weight excluding hydrogens is 346 g/mol. The van der Waals surface area contributed by atoms with Crippen molar-refractivity contribution in [2.75, 3.05) is 23.3 Å². The van der Waals surface area contributed by atoms with Crippen LogP contribution in [0.1, 0.15) is 36.5 Å². The number of hydrogen-bond acceptors (Lipinski definition) is 3. The fourth-order valence-corrected chi connectivity index (χ4v) is 4.06. The van der Waals surface area contributed by atoms with E-state index < -0.39 is 0 Å². The van der Waals surface area contributed by atoms with E-state index >= 15 is 0 Å². The second-order valence-corrected chi connectivity index (χ2v) is 8.24. The third kappa shape index (κ3) is 3.91. The molecule has 2 N–H and O–H groups in total. The fraction of sp³-hybridized carbons (Fsp3) is 0.375. The normalized spacial score (nSPS) is 17.1. The molecule has 1 saturated heterocycles. The molecule has 1 aromatic heterocycles. The molecule has 1 aliphatic rings. The number of nitrogens with zero attached hydrogens (tertiary/aromatic N) is 1. The van der Waals surface area contributed by atoms with Crippen molar-refractivity contribution in [2.24, 2.45) is 5.92 Å². The molecule has 1 atom stereocenters. The molecule has 3 aromatic rings. The average Bonchev–Trinajstić information content (AvgIpc) is 2.68. The number of benzene rings is 2. The van der Waals surface area contributed by atoms with Crippen LogP contribution in [0.15, 0.2) is 47.3 Å². The lowest BCUT2D eigenvalue weighted by molar-refractivity contribution is 0.447. The van der Waals surface area contributed by atoms with Gasteiger partial charge in [0.15, 0.2) is 0 Å². The van der Waals surface area contributed by atoms with E-state index in [4.69, 9.17) is 0 Å². The van der Waals surface area contributed by atoms with Gasteiger partial charge in [-0.3, -0.25) is 4.79 Å². The Morgan fingerprint density at radius 2 is 1.86 bits per heavy atom. The number of pyridine rings is 1. The van der Waals surface area contributed by atoms with Crippen molar-refractivity contribution in [2.45, 2.75) is 40.2 Å². The number of aromatic nitrogens is 1. The van der Waals surface area contributed by atoms with E-state index in [1.165, 1.54) is 29.7 Å². The van der Waals surface area contributed by atoms with Crippen LogP contribution in [-0.4, -0.2) is 18.1 Å². The van der Waals surface area contributed by atoms with Gasteiger partial charge in [-0.15, -0.1) is 0 Å². The Balaban J connectivity index is 1.47. The van der Waals surface area contributed by atoms with Crippen molar-refractivity contribution in [3.8, 4) is 0 Å². The van der Waals surface area contributed by atoms with E-state index in [-0.39, 0.29) is 5.56 Å². The quantitative estimate of drug-likeness (QED) is 0.675. The monoisotopic (exact) mass is 375 g/mol. The highest BCUT2D eigenvalue weighted by molar-refractivity contribution is 5.80. The lowest BCUT2D eigenvalue weighted by Crippen LogP contribution is -2.34. The smallest absolute Gasteiger partial charge is 0.253 e. The summed E-state index contributed by atoms with van der Waals surface area (Å²) < 4.78 is 0. The molecule has 1 fully saturated rings. The maximum Gasteiger partial charge on any atom is 0.253 e. The van der Waals surface area contributed by atoms with Crippen LogP contribution >= 0.6 is 0 Å². The molecule has 4 nitrogen and oxygen atoms in total. The summed E-state index contributed by atoms with van der Waals surface area (Å²) >= 11 is 0. The summed E-state index contributed by atoms with van der Waals surface area (Å²) in [6, 6.07) is 14.8. The molecule has 0 aliphatic carbocycles. The second kappa shape index (κ2) is 7.70. The molecule has 28 heavy (non-hydrogen) atoms. The summed E-state index contributed by atoms with van der Waals surface area (Å²) in [5, 5.41) is 4.47. The van der Waals surface area contributed by atoms with Crippen molar-refractivity contribution < 1.29 is 0 Å². The molecule has 4 rings (SSSR count). The third-order valence-electron chi connectivity index (χ3n) is 5.91. The zero-order chi connectivity index (χ0) is 19.7. The van der Waals surface area contributed by atoms with Crippen LogP contribution in [0.3, 0.4) is 0 Å². The number of rotatable bonds is 4. The Morgan fingerprint density at radius 3 is 2.61 bits per heavy atom. The van der Waals surface area contributed by atoms with Crippen LogP contribution < -0.4 is 15.8 Å². The van der Waals surface area contributed by atoms with Gasteiger partial charge < -0.3 is 15.2 Å². The van der Waals surface area contributed by atoms with E-state index in [2.05, 4.69) is 66.3 Å². The predicted molar refractivity (Wildman–Crippen MR) is 118 cm³/mol. The summed E-state index contributed by atoms with van der Waals surface area (Å²) in [4.78, 5) is 17.9. The van der Waals surface area contributed by atoms with Gasteiger partial charge in [0.2, 0.25) is 0 Å². The van der Waals surface area contributed by atoms with Crippen molar-refractivity contribution in [1.29, 1.82) is 0 Å². The van der Waals surface area contributed by atoms with Crippen LogP contribution in [0.2, 0.25) is 0 Å². The van der Waals surface area contributed by atoms with E-state index in [0.29, 0.717) is 6.54 Å². The highest BCUT2D eigenvalue weighted by atomic mass is 16.1. The molecule has 2 aromatic carbocycles. The number of fused-ring (bicyclic) bond motifs is 1. The van der Waals surface area contributed by atoms with Gasteiger partial charge in [0.05, 0.1) is 0 Å². The number of aromatic amines is 1. The molecule has 0 spiro atoms. The van der Waals surface area contributed by atoms with Gasteiger partial charge in [-0.05, 0) is 91.6 Å². The number of anilines is 2. The highest BCUT2D eigenvalue weighted by Gasteiger charge is 2.16. The average molecular weight is 376 g/mol.